The number of para-hydroxylation sites is 1. The molecule has 0 saturated carbocycles. The Balaban J connectivity index is 1.17. The van der Waals surface area contributed by atoms with E-state index in [0.717, 1.165) is 32.7 Å². The van der Waals surface area contributed by atoms with Crippen molar-refractivity contribution in [2.45, 2.75) is 18.8 Å². The number of benzene rings is 4. The number of aryl methyl sites for hydroxylation is 1. The van der Waals surface area contributed by atoms with E-state index in [9.17, 15) is 19.2 Å². The summed E-state index contributed by atoms with van der Waals surface area (Å²) < 4.78 is 5.33. The molecule has 1 aliphatic heterocycles. The Morgan fingerprint density at radius 3 is 1.86 bits per heavy atom. The first kappa shape index (κ1) is 26.2. The van der Waals surface area contributed by atoms with Crippen LogP contribution in [0.4, 0.5) is 11.4 Å². The zero-order valence-electron chi connectivity index (χ0n) is 22.5. The largest absolute Gasteiger partial charge is 0.452 e. The van der Waals surface area contributed by atoms with Crippen molar-refractivity contribution in [3.63, 3.8) is 0 Å². The highest BCUT2D eigenvalue weighted by Crippen LogP contribution is 2.61. The lowest BCUT2D eigenvalue weighted by Crippen LogP contribution is -2.41. The summed E-state index contributed by atoms with van der Waals surface area (Å²) in [4.78, 5) is 55.2. The van der Waals surface area contributed by atoms with Gasteiger partial charge in [0, 0.05) is 22.5 Å². The van der Waals surface area contributed by atoms with Crippen LogP contribution in [0.2, 0.25) is 5.02 Å². The summed E-state index contributed by atoms with van der Waals surface area (Å²) in [5.74, 6) is -3.71. The lowest BCUT2D eigenvalue weighted by Gasteiger charge is -2.45. The lowest BCUT2D eigenvalue weighted by atomic mass is 9.55. The molecule has 0 aromatic heterocycles. The van der Waals surface area contributed by atoms with E-state index in [1.165, 1.54) is 6.07 Å². The zero-order chi connectivity index (χ0) is 29.1. The second kappa shape index (κ2) is 9.96. The van der Waals surface area contributed by atoms with Crippen molar-refractivity contribution in [1.29, 1.82) is 0 Å². The number of halogens is 1. The summed E-state index contributed by atoms with van der Waals surface area (Å²) in [6.07, 6.45) is 0. The maximum atomic E-state index is 14.1. The Hall–Kier alpha value is -4.75. The number of carbonyl (C=O) groups excluding carboxylic acids is 4. The van der Waals surface area contributed by atoms with E-state index in [4.69, 9.17) is 16.3 Å². The van der Waals surface area contributed by atoms with Crippen LogP contribution in [-0.2, 0) is 19.1 Å². The number of ether oxygens (including phenoxy) is 1. The van der Waals surface area contributed by atoms with Gasteiger partial charge in [0.15, 0.2) is 6.61 Å². The Morgan fingerprint density at radius 1 is 0.786 bits per heavy atom. The van der Waals surface area contributed by atoms with Crippen LogP contribution in [0.3, 0.4) is 0 Å². The number of hydrogen-bond donors (Lipinski definition) is 1. The summed E-state index contributed by atoms with van der Waals surface area (Å²) >= 11 is 6.13. The van der Waals surface area contributed by atoms with Crippen molar-refractivity contribution >= 4 is 46.7 Å². The highest BCUT2D eigenvalue weighted by molar-refractivity contribution is 6.31. The Kier molecular flexibility index (Phi) is 6.21. The number of imide groups is 1. The molecule has 42 heavy (non-hydrogen) atoms. The molecule has 4 aliphatic rings. The number of nitrogens with one attached hydrogen (secondary N) is 1. The molecule has 3 amide bonds. The van der Waals surface area contributed by atoms with Gasteiger partial charge >= 0.3 is 5.97 Å². The van der Waals surface area contributed by atoms with E-state index < -0.39 is 30.3 Å². The predicted molar refractivity (Wildman–Crippen MR) is 158 cm³/mol. The van der Waals surface area contributed by atoms with Gasteiger partial charge in [-0.05, 0) is 59.0 Å². The molecule has 4 aromatic rings. The van der Waals surface area contributed by atoms with Crippen LogP contribution >= 0.6 is 11.6 Å². The smallest absolute Gasteiger partial charge is 0.340 e. The molecule has 8 heteroatoms. The normalized spacial score (nSPS) is 21.4. The number of amides is 3. The van der Waals surface area contributed by atoms with E-state index in [2.05, 4.69) is 5.32 Å². The van der Waals surface area contributed by atoms with Crippen molar-refractivity contribution in [3.8, 4) is 0 Å². The lowest BCUT2D eigenvalue weighted by molar-refractivity contribution is -0.122. The van der Waals surface area contributed by atoms with Gasteiger partial charge in [-0.2, -0.15) is 0 Å². The van der Waals surface area contributed by atoms with Crippen LogP contribution in [0.5, 0.6) is 0 Å². The molecule has 8 rings (SSSR count). The van der Waals surface area contributed by atoms with Gasteiger partial charge < -0.3 is 10.1 Å². The molecule has 4 aromatic carbocycles. The summed E-state index contributed by atoms with van der Waals surface area (Å²) in [5, 5.41) is 3.15. The second-order valence-electron chi connectivity index (χ2n) is 10.9. The first-order chi connectivity index (χ1) is 20.3. The summed E-state index contributed by atoms with van der Waals surface area (Å²) in [6, 6.07) is 27.5. The van der Waals surface area contributed by atoms with Gasteiger partial charge in [0.2, 0.25) is 11.8 Å². The molecule has 1 saturated heterocycles. The van der Waals surface area contributed by atoms with E-state index >= 15 is 0 Å². The van der Waals surface area contributed by atoms with E-state index in [1.807, 2.05) is 55.5 Å². The third-order valence-electron chi connectivity index (χ3n) is 8.60. The van der Waals surface area contributed by atoms with Crippen LogP contribution in [-0.4, -0.2) is 30.3 Å². The minimum absolute atomic E-state index is 0.0337. The minimum atomic E-state index is -0.812. The molecule has 2 atom stereocenters. The summed E-state index contributed by atoms with van der Waals surface area (Å²) in [6.45, 7) is 1.29. The number of anilines is 2. The van der Waals surface area contributed by atoms with Crippen molar-refractivity contribution < 1.29 is 23.9 Å². The van der Waals surface area contributed by atoms with Crippen molar-refractivity contribution in [2.24, 2.45) is 11.8 Å². The molecule has 0 radical (unpaired) electrons. The molecular formula is C34H25ClN2O5. The van der Waals surface area contributed by atoms with E-state index in [0.29, 0.717) is 10.7 Å². The first-order valence-corrected chi connectivity index (χ1v) is 14.1. The second-order valence-corrected chi connectivity index (χ2v) is 11.3. The number of esters is 1. The molecule has 0 spiro atoms. The Labute approximate surface area is 247 Å². The predicted octanol–water partition coefficient (Wildman–Crippen LogP) is 5.84. The molecule has 3 aliphatic carbocycles. The molecule has 1 N–H and O–H groups in total. The van der Waals surface area contributed by atoms with Crippen LogP contribution < -0.4 is 10.2 Å². The van der Waals surface area contributed by atoms with Crippen LogP contribution in [0.1, 0.15) is 50.0 Å². The maximum absolute atomic E-state index is 14.1. The SMILES string of the molecule is Cc1ccc(NC(=O)COC(=O)c2ccccc2N2C(=O)[C@@H]3C4c5ccccc5C(c5ccccc54)[C@@H]3C2=O)cc1Cl. The molecule has 1 fully saturated rings. The molecular weight excluding hydrogens is 552 g/mol. The number of hydrogen-bond acceptors (Lipinski definition) is 5. The average molecular weight is 577 g/mol. The number of nitrogens with zero attached hydrogens (tertiary/aromatic N) is 1. The van der Waals surface area contributed by atoms with Gasteiger partial charge in [0.05, 0.1) is 23.1 Å². The van der Waals surface area contributed by atoms with Crippen LogP contribution in [0, 0.1) is 18.8 Å². The molecule has 208 valence electrons. The average Bonchev–Trinajstić information content (AvgIpc) is 3.27. The summed E-state index contributed by atoms with van der Waals surface area (Å²) in [7, 11) is 0. The monoisotopic (exact) mass is 576 g/mol. The molecule has 0 unspecified atom stereocenters. The maximum Gasteiger partial charge on any atom is 0.340 e. The van der Waals surface area contributed by atoms with E-state index in [1.54, 1.807) is 36.4 Å². The Bertz CT molecular complexity index is 1700. The van der Waals surface area contributed by atoms with Gasteiger partial charge in [-0.15, -0.1) is 0 Å². The van der Waals surface area contributed by atoms with Gasteiger partial charge in [0.25, 0.3) is 5.91 Å². The van der Waals surface area contributed by atoms with Crippen LogP contribution in [0.25, 0.3) is 0 Å². The molecule has 2 bridgehead atoms. The topological polar surface area (TPSA) is 92.8 Å². The van der Waals surface area contributed by atoms with Crippen molar-refractivity contribution in [3.05, 3.63) is 129 Å². The number of carbonyl (C=O) groups is 4. The molecule has 1 heterocycles. The van der Waals surface area contributed by atoms with Gasteiger partial charge in [-0.25, -0.2) is 9.69 Å². The number of rotatable bonds is 5. The van der Waals surface area contributed by atoms with E-state index in [-0.39, 0.29) is 34.9 Å². The highest BCUT2D eigenvalue weighted by atomic mass is 35.5. The summed E-state index contributed by atoms with van der Waals surface area (Å²) in [5.41, 5.74) is 5.80. The fourth-order valence-electron chi connectivity index (χ4n) is 6.83. The highest BCUT2D eigenvalue weighted by Gasteiger charge is 2.62. The minimum Gasteiger partial charge on any atom is -0.452 e. The van der Waals surface area contributed by atoms with Gasteiger partial charge in [0.1, 0.15) is 0 Å². The van der Waals surface area contributed by atoms with Crippen molar-refractivity contribution in [1.82, 2.24) is 0 Å². The first-order valence-electron chi connectivity index (χ1n) is 13.7. The van der Waals surface area contributed by atoms with Gasteiger partial charge in [-0.3, -0.25) is 14.4 Å². The quantitative estimate of drug-likeness (QED) is 0.238. The Morgan fingerprint density at radius 2 is 1.31 bits per heavy atom. The fourth-order valence-corrected chi connectivity index (χ4v) is 7.01. The van der Waals surface area contributed by atoms with Crippen LogP contribution in [0.15, 0.2) is 91.0 Å². The third kappa shape index (κ3) is 3.96. The molecule has 7 nitrogen and oxygen atoms in total. The standard InChI is InChI=1S/C34H25ClN2O5/c1-18-14-15-19(16-25(18)35)36-27(38)17-42-34(41)24-12-6-7-13-26(24)37-32(39)30-28-20-8-2-3-9-21(20)29(31(30)33(37)40)23-11-5-4-10-22(23)28/h2-16,28-31H,17H2,1H3,(H,36,38)/t28?,29?,30-,31+. The van der Waals surface area contributed by atoms with Gasteiger partial charge in [-0.1, -0.05) is 78.3 Å². The third-order valence-corrected chi connectivity index (χ3v) is 9.01. The zero-order valence-corrected chi connectivity index (χ0v) is 23.3. The fraction of sp³-hybridized carbons (Fsp3) is 0.176. The van der Waals surface area contributed by atoms with Crippen molar-refractivity contribution in [2.75, 3.05) is 16.8 Å².